The first kappa shape index (κ1) is 19.3. The van der Waals surface area contributed by atoms with Crippen LogP contribution < -0.4 is 5.46 Å². The molecule has 0 amide bonds. The summed E-state index contributed by atoms with van der Waals surface area (Å²) >= 11 is 0. The van der Waals surface area contributed by atoms with Crippen LogP contribution in [0.4, 0.5) is 0 Å². The van der Waals surface area contributed by atoms with E-state index in [1.165, 1.54) is 5.39 Å². The van der Waals surface area contributed by atoms with Crippen molar-refractivity contribution in [3.63, 3.8) is 0 Å². The average Bonchev–Trinajstić information content (AvgIpc) is 3.20. The number of fused-ring (bicyclic) bond motifs is 2. The summed E-state index contributed by atoms with van der Waals surface area (Å²) in [6.07, 6.45) is 0.863. The fourth-order valence-corrected chi connectivity index (χ4v) is 4.27. The Morgan fingerprint density at radius 3 is 2.23 bits per heavy atom. The van der Waals surface area contributed by atoms with Gasteiger partial charge in [0.1, 0.15) is 5.82 Å². The molecule has 0 atom stereocenters. The molecule has 0 N–H and O–H groups in total. The standard InChI is InChI=1S/C25H27BN2O2/c1-6-23-27-20-14-7-8-15-22(20)28(23)21-16-10-11-17-18(21)12-9-13-19(17)26-29-24(2,3)25(4,5)30-26/h7-16H,6H2,1-5H3. The molecule has 1 aliphatic rings. The molecule has 1 aromatic heterocycles. The maximum atomic E-state index is 6.36. The Balaban J connectivity index is 1.72. The largest absolute Gasteiger partial charge is 0.495 e. The molecule has 0 spiro atoms. The van der Waals surface area contributed by atoms with E-state index < -0.39 is 0 Å². The molecule has 3 aromatic carbocycles. The van der Waals surface area contributed by atoms with E-state index in [9.17, 15) is 0 Å². The highest BCUT2D eigenvalue weighted by Gasteiger charge is 2.52. The van der Waals surface area contributed by atoms with Gasteiger partial charge in [0.25, 0.3) is 0 Å². The van der Waals surface area contributed by atoms with Gasteiger partial charge in [0.2, 0.25) is 0 Å². The summed E-state index contributed by atoms with van der Waals surface area (Å²) in [6, 6.07) is 21.1. The molecular formula is C25H27BN2O2. The lowest BCUT2D eigenvalue weighted by molar-refractivity contribution is 0.00578. The molecule has 5 rings (SSSR count). The Hall–Kier alpha value is -2.63. The molecule has 2 heterocycles. The van der Waals surface area contributed by atoms with Crippen molar-refractivity contribution < 1.29 is 9.31 Å². The highest BCUT2D eigenvalue weighted by Crippen LogP contribution is 2.37. The van der Waals surface area contributed by atoms with Crippen molar-refractivity contribution in [2.75, 3.05) is 0 Å². The molecule has 4 aromatic rings. The van der Waals surface area contributed by atoms with E-state index in [1.807, 2.05) is 6.07 Å². The number of rotatable bonds is 3. The lowest BCUT2D eigenvalue weighted by atomic mass is 9.76. The molecule has 1 saturated heterocycles. The summed E-state index contributed by atoms with van der Waals surface area (Å²) in [7, 11) is -0.390. The van der Waals surface area contributed by atoms with Crippen LogP contribution in [0.1, 0.15) is 40.4 Å². The minimum absolute atomic E-state index is 0.368. The minimum Gasteiger partial charge on any atom is -0.399 e. The van der Waals surface area contributed by atoms with Crippen LogP contribution in [-0.2, 0) is 15.7 Å². The maximum Gasteiger partial charge on any atom is 0.495 e. The van der Waals surface area contributed by atoms with E-state index in [2.05, 4.69) is 93.8 Å². The molecular weight excluding hydrogens is 371 g/mol. The second-order valence-corrected chi connectivity index (χ2v) is 9.01. The number of aromatic nitrogens is 2. The van der Waals surface area contributed by atoms with Gasteiger partial charge in [-0.2, -0.15) is 0 Å². The van der Waals surface area contributed by atoms with Crippen molar-refractivity contribution in [1.82, 2.24) is 9.55 Å². The topological polar surface area (TPSA) is 36.3 Å². The Bertz CT molecular complexity index is 1240. The fourth-order valence-electron chi connectivity index (χ4n) is 4.27. The Kier molecular flexibility index (Phi) is 4.32. The number of aryl methyl sites for hydroxylation is 1. The molecule has 152 valence electrons. The second kappa shape index (κ2) is 6.69. The zero-order chi connectivity index (χ0) is 21.1. The number of hydrogen-bond donors (Lipinski definition) is 0. The Morgan fingerprint density at radius 2 is 1.50 bits per heavy atom. The van der Waals surface area contributed by atoms with Gasteiger partial charge in [-0.1, -0.05) is 49.4 Å². The normalized spacial score (nSPS) is 17.8. The van der Waals surface area contributed by atoms with Gasteiger partial charge in [0, 0.05) is 11.8 Å². The van der Waals surface area contributed by atoms with Crippen molar-refractivity contribution in [2.24, 2.45) is 0 Å². The average molecular weight is 398 g/mol. The van der Waals surface area contributed by atoms with E-state index in [0.717, 1.165) is 39.8 Å². The third kappa shape index (κ3) is 2.80. The zero-order valence-electron chi connectivity index (χ0n) is 18.3. The number of nitrogens with zero attached hydrogens (tertiary/aromatic N) is 2. The molecule has 1 aliphatic heterocycles. The monoisotopic (exact) mass is 398 g/mol. The van der Waals surface area contributed by atoms with Crippen LogP contribution in [0.5, 0.6) is 0 Å². The van der Waals surface area contributed by atoms with Gasteiger partial charge in [-0.3, -0.25) is 4.57 Å². The number of hydrogen-bond acceptors (Lipinski definition) is 3. The first-order valence-electron chi connectivity index (χ1n) is 10.7. The molecule has 5 heteroatoms. The molecule has 0 unspecified atom stereocenters. The lowest BCUT2D eigenvalue weighted by Crippen LogP contribution is -2.41. The SMILES string of the molecule is CCc1nc2ccccc2n1-c1cccc2c(B3OC(C)(C)C(C)(C)O3)cccc12. The van der Waals surface area contributed by atoms with Crippen molar-refractivity contribution in [1.29, 1.82) is 0 Å². The molecule has 0 bridgehead atoms. The molecule has 0 radical (unpaired) electrons. The highest BCUT2D eigenvalue weighted by atomic mass is 16.7. The van der Waals surface area contributed by atoms with E-state index in [-0.39, 0.29) is 18.3 Å². The van der Waals surface area contributed by atoms with Gasteiger partial charge in [0.05, 0.1) is 27.9 Å². The summed E-state index contributed by atoms with van der Waals surface area (Å²) in [5.41, 5.74) is 3.61. The maximum absolute atomic E-state index is 6.36. The van der Waals surface area contributed by atoms with Gasteiger partial charge >= 0.3 is 7.12 Å². The van der Waals surface area contributed by atoms with Crippen molar-refractivity contribution in [3.8, 4) is 5.69 Å². The molecule has 1 fully saturated rings. The Labute approximate surface area is 178 Å². The van der Waals surface area contributed by atoms with Gasteiger partial charge in [-0.15, -0.1) is 0 Å². The Morgan fingerprint density at radius 1 is 0.833 bits per heavy atom. The smallest absolute Gasteiger partial charge is 0.399 e. The van der Waals surface area contributed by atoms with E-state index >= 15 is 0 Å². The van der Waals surface area contributed by atoms with Crippen molar-refractivity contribution in [3.05, 3.63) is 66.5 Å². The number of benzene rings is 3. The predicted molar refractivity (Wildman–Crippen MR) is 124 cm³/mol. The van der Waals surface area contributed by atoms with Gasteiger partial charge in [-0.05, 0) is 56.7 Å². The minimum atomic E-state index is -0.390. The van der Waals surface area contributed by atoms with Gasteiger partial charge < -0.3 is 9.31 Å². The van der Waals surface area contributed by atoms with Crippen LogP contribution in [0.3, 0.4) is 0 Å². The van der Waals surface area contributed by atoms with E-state index in [0.29, 0.717) is 0 Å². The van der Waals surface area contributed by atoms with Crippen molar-refractivity contribution >= 4 is 34.4 Å². The third-order valence-electron chi connectivity index (χ3n) is 6.63. The quantitative estimate of drug-likeness (QED) is 0.454. The summed E-state index contributed by atoms with van der Waals surface area (Å²) in [5.74, 6) is 1.06. The van der Waals surface area contributed by atoms with Crippen molar-refractivity contribution in [2.45, 2.75) is 52.2 Å². The predicted octanol–water partition coefficient (Wildman–Crippen LogP) is 5.04. The molecule has 30 heavy (non-hydrogen) atoms. The van der Waals surface area contributed by atoms with E-state index in [1.54, 1.807) is 0 Å². The first-order chi connectivity index (χ1) is 14.3. The summed E-state index contributed by atoms with van der Waals surface area (Å²) in [5, 5.41) is 2.32. The van der Waals surface area contributed by atoms with Crippen LogP contribution in [0.25, 0.3) is 27.5 Å². The summed E-state index contributed by atoms with van der Waals surface area (Å²) in [4.78, 5) is 4.87. The third-order valence-corrected chi connectivity index (χ3v) is 6.63. The van der Waals surface area contributed by atoms with Crippen LogP contribution >= 0.6 is 0 Å². The molecule has 0 saturated carbocycles. The molecule has 0 aliphatic carbocycles. The van der Waals surface area contributed by atoms with Crippen LogP contribution in [0, 0.1) is 0 Å². The van der Waals surface area contributed by atoms with Gasteiger partial charge in [-0.25, -0.2) is 4.98 Å². The van der Waals surface area contributed by atoms with Gasteiger partial charge in [0.15, 0.2) is 0 Å². The fraction of sp³-hybridized carbons (Fsp3) is 0.320. The number of para-hydroxylation sites is 2. The van der Waals surface area contributed by atoms with Crippen LogP contribution in [0.2, 0.25) is 0 Å². The second-order valence-electron chi connectivity index (χ2n) is 9.01. The van der Waals surface area contributed by atoms with Crippen LogP contribution in [0.15, 0.2) is 60.7 Å². The summed E-state index contributed by atoms with van der Waals surface area (Å²) in [6.45, 7) is 10.5. The molecule has 4 nitrogen and oxygen atoms in total. The zero-order valence-corrected chi connectivity index (χ0v) is 18.3. The number of imidazole rings is 1. The summed E-state index contributed by atoms with van der Waals surface area (Å²) < 4.78 is 15.0. The lowest BCUT2D eigenvalue weighted by Gasteiger charge is -2.32. The van der Waals surface area contributed by atoms with Crippen LogP contribution in [-0.4, -0.2) is 27.9 Å². The van der Waals surface area contributed by atoms with E-state index in [4.69, 9.17) is 14.3 Å². The highest BCUT2D eigenvalue weighted by molar-refractivity contribution is 6.65. The first-order valence-corrected chi connectivity index (χ1v) is 10.7.